The normalized spacial score (nSPS) is 10.1. The molecule has 0 aliphatic carbocycles. The lowest BCUT2D eigenvalue weighted by atomic mass is 10.2. The molecule has 0 saturated carbocycles. The first-order valence-corrected chi connectivity index (χ1v) is 6.41. The Morgan fingerprint density at radius 1 is 1.09 bits per heavy atom. The van der Waals surface area contributed by atoms with Gasteiger partial charge in [-0.05, 0) is 29.8 Å². The van der Waals surface area contributed by atoms with Gasteiger partial charge in [-0.1, -0.05) is 12.1 Å². The lowest BCUT2D eigenvalue weighted by Gasteiger charge is -2.15. The highest BCUT2D eigenvalue weighted by molar-refractivity contribution is 5.89. The van der Waals surface area contributed by atoms with E-state index in [-0.39, 0.29) is 29.5 Å². The highest BCUT2D eigenvalue weighted by Crippen LogP contribution is 2.39. The van der Waals surface area contributed by atoms with Gasteiger partial charge in [0, 0.05) is 0 Å². The zero-order chi connectivity index (χ0) is 16.1. The van der Waals surface area contributed by atoms with Crippen molar-refractivity contribution >= 4 is 5.97 Å². The van der Waals surface area contributed by atoms with Crippen molar-refractivity contribution in [2.45, 2.75) is 6.61 Å². The van der Waals surface area contributed by atoms with Gasteiger partial charge in [0.15, 0.2) is 11.5 Å². The quantitative estimate of drug-likeness (QED) is 0.888. The Balaban J connectivity index is 2.28. The summed E-state index contributed by atoms with van der Waals surface area (Å²) in [6.07, 6.45) is 0. The van der Waals surface area contributed by atoms with Crippen molar-refractivity contribution in [2.75, 3.05) is 14.2 Å². The summed E-state index contributed by atoms with van der Waals surface area (Å²) < 4.78 is 28.8. The second kappa shape index (κ2) is 6.80. The summed E-state index contributed by atoms with van der Waals surface area (Å²) in [6.45, 7) is 0.166. The lowest BCUT2D eigenvalue weighted by Crippen LogP contribution is -2.03. The van der Waals surface area contributed by atoms with Gasteiger partial charge in [-0.3, -0.25) is 0 Å². The zero-order valence-corrected chi connectivity index (χ0v) is 12.1. The van der Waals surface area contributed by atoms with Crippen molar-refractivity contribution in [3.05, 3.63) is 53.3 Å². The van der Waals surface area contributed by atoms with Crippen LogP contribution in [0.5, 0.6) is 17.2 Å². The molecule has 1 N–H and O–H groups in total. The maximum absolute atomic E-state index is 12.9. The van der Waals surface area contributed by atoms with Crippen LogP contribution in [0.1, 0.15) is 15.9 Å². The third-order valence-electron chi connectivity index (χ3n) is 3.00. The highest BCUT2D eigenvalue weighted by atomic mass is 19.1. The van der Waals surface area contributed by atoms with E-state index in [0.29, 0.717) is 5.75 Å². The van der Waals surface area contributed by atoms with Crippen LogP contribution in [0.25, 0.3) is 0 Å². The van der Waals surface area contributed by atoms with Crippen LogP contribution in [-0.4, -0.2) is 25.3 Å². The number of hydrogen-bond acceptors (Lipinski definition) is 4. The van der Waals surface area contributed by atoms with Gasteiger partial charge < -0.3 is 19.3 Å². The van der Waals surface area contributed by atoms with Crippen LogP contribution in [-0.2, 0) is 6.61 Å². The third-order valence-corrected chi connectivity index (χ3v) is 3.00. The molecule has 2 aromatic rings. The summed E-state index contributed by atoms with van der Waals surface area (Å²) in [5, 5.41) is 9.06. The molecule has 0 spiro atoms. The number of carbonyl (C=O) groups is 1. The van der Waals surface area contributed by atoms with Crippen molar-refractivity contribution in [2.24, 2.45) is 0 Å². The average Bonchev–Trinajstić information content (AvgIpc) is 2.53. The zero-order valence-electron chi connectivity index (χ0n) is 12.1. The topological polar surface area (TPSA) is 65.0 Å². The number of halogens is 1. The molecule has 116 valence electrons. The first kappa shape index (κ1) is 15.6. The molecule has 22 heavy (non-hydrogen) atoms. The Kier molecular flexibility index (Phi) is 4.83. The Morgan fingerprint density at radius 2 is 1.64 bits per heavy atom. The van der Waals surface area contributed by atoms with Crippen LogP contribution in [0, 0.1) is 5.82 Å². The monoisotopic (exact) mass is 306 g/mol. The van der Waals surface area contributed by atoms with Crippen LogP contribution < -0.4 is 14.2 Å². The van der Waals surface area contributed by atoms with Crippen LogP contribution in [0.3, 0.4) is 0 Å². The molecule has 6 heteroatoms. The van der Waals surface area contributed by atoms with E-state index in [0.717, 1.165) is 5.56 Å². The molecule has 0 unspecified atom stereocenters. The van der Waals surface area contributed by atoms with E-state index >= 15 is 0 Å². The number of carboxylic acid groups (broad SMARTS) is 1. The van der Waals surface area contributed by atoms with Crippen LogP contribution in [0.4, 0.5) is 4.39 Å². The standard InChI is InChI=1S/C16H15FO5/c1-20-13-7-11(16(18)19)8-14(21-2)15(13)22-9-10-3-5-12(17)6-4-10/h3-8H,9H2,1-2H3,(H,18,19). The first-order valence-electron chi connectivity index (χ1n) is 6.41. The van der Waals surface area contributed by atoms with Gasteiger partial charge in [0.05, 0.1) is 19.8 Å². The van der Waals surface area contributed by atoms with Crippen molar-refractivity contribution in [1.82, 2.24) is 0 Å². The van der Waals surface area contributed by atoms with Crippen LogP contribution in [0.15, 0.2) is 36.4 Å². The van der Waals surface area contributed by atoms with E-state index in [1.54, 1.807) is 12.1 Å². The molecule has 0 saturated heterocycles. The maximum atomic E-state index is 12.9. The molecule has 0 radical (unpaired) electrons. The lowest BCUT2D eigenvalue weighted by molar-refractivity contribution is 0.0696. The number of benzene rings is 2. The number of carboxylic acids is 1. The van der Waals surface area contributed by atoms with Gasteiger partial charge >= 0.3 is 5.97 Å². The number of rotatable bonds is 6. The number of hydrogen-bond donors (Lipinski definition) is 1. The summed E-state index contributed by atoms with van der Waals surface area (Å²) >= 11 is 0. The summed E-state index contributed by atoms with van der Waals surface area (Å²) in [4.78, 5) is 11.1. The Labute approximate surface area is 126 Å². The molecule has 0 aliphatic rings. The van der Waals surface area contributed by atoms with E-state index in [1.165, 1.54) is 38.5 Å². The predicted octanol–water partition coefficient (Wildman–Crippen LogP) is 3.12. The molecule has 2 aromatic carbocycles. The molecule has 0 fully saturated rings. The largest absolute Gasteiger partial charge is 0.493 e. The first-order chi connectivity index (χ1) is 10.5. The summed E-state index contributed by atoms with van der Waals surface area (Å²) in [5.41, 5.74) is 0.788. The molecule has 0 atom stereocenters. The van der Waals surface area contributed by atoms with Gasteiger partial charge in [-0.15, -0.1) is 0 Å². The Hall–Kier alpha value is -2.76. The van der Waals surface area contributed by atoms with Crippen molar-refractivity contribution in [3.8, 4) is 17.2 Å². The fourth-order valence-corrected chi connectivity index (χ4v) is 1.88. The van der Waals surface area contributed by atoms with Crippen molar-refractivity contribution in [3.63, 3.8) is 0 Å². The minimum absolute atomic E-state index is 0.0304. The minimum atomic E-state index is -1.10. The van der Waals surface area contributed by atoms with E-state index in [2.05, 4.69) is 0 Å². The van der Waals surface area contributed by atoms with Gasteiger partial charge in [-0.25, -0.2) is 9.18 Å². The fourth-order valence-electron chi connectivity index (χ4n) is 1.88. The molecule has 0 aromatic heterocycles. The predicted molar refractivity (Wildman–Crippen MR) is 77.2 cm³/mol. The number of aromatic carboxylic acids is 1. The molecular weight excluding hydrogens is 291 g/mol. The Bertz CT molecular complexity index is 642. The van der Waals surface area contributed by atoms with Gasteiger partial charge in [0.2, 0.25) is 5.75 Å². The van der Waals surface area contributed by atoms with Gasteiger partial charge in [0.1, 0.15) is 12.4 Å². The summed E-state index contributed by atoms with van der Waals surface area (Å²) in [7, 11) is 2.82. The van der Waals surface area contributed by atoms with Crippen molar-refractivity contribution < 1.29 is 28.5 Å². The molecule has 2 rings (SSSR count). The van der Waals surface area contributed by atoms with E-state index in [4.69, 9.17) is 19.3 Å². The highest BCUT2D eigenvalue weighted by Gasteiger charge is 2.17. The second-order valence-corrected chi connectivity index (χ2v) is 4.43. The van der Waals surface area contributed by atoms with Crippen molar-refractivity contribution in [1.29, 1.82) is 0 Å². The Morgan fingerprint density at radius 3 is 2.09 bits per heavy atom. The second-order valence-electron chi connectivity index (χ2n) is 4.43. The molecule has 0 aliphatic heterocycles. The average molecular weight is 306 g/mol. The summed E-state index contributed by atoms with van der Waals surface area (Å²) in [5.74, 6) is -0.636. The number of ether oxygens (including phenoxy) is 3. The smallest absolute Gasteiger partial charge is 0.335 e. The molecule has 0 bridgehead atoms. The minimum Gasteiger partial charge on any atom is -0.493 e. The maximum Gasteiger partial charge on any atom is 0.335 e. The van der Waals surface area contributed by atoms with Crippen LogP contribution in [0.2, 0.25) is 0 Å². The fraction of sp³-hybridized carbons (Fsp3) is 0.188. The van der Waals surface area contributed by atoms with E-state index in [1.807, 2.05) is 0 Å². The SMILES string of the molecule is COc1cc(C(=O)O)cc(OC)c1OCc1ccc(F)cc1. The third kappa shape index (κ3) is 3.46. The molecule has 5 nitrogen and oxygen atoms in total. The van der Waals surface area contributed by atoms with Crippen LogP contribution >= 0.6 is 0 Å². The number of methoxy groups -OCH3 is 2. The van der Waals surface area contributed by atoms with E-state index < -0.39 is 5.97 Å². The molecule has 0 heterocycles. The molecule has 0 amide bonds. The summed E-state index contributed by atoms with van der Waals surface area (Å²) in [6, 6.07) is 8.57. The van der Waals surface area contributed by atoms with Gasteiger partial charge in [-0.2, -0.15) is 0 Å². The van der Waals surface area contributed by atoms with Gasteiger partial charge in [0.25, 0.3) is 0 Å². The molecular formula is C16H15FO5. The van der Waals surface area contributed by atoms with E-state index in [9.17, 15) is 9.18 Å².